The predicted octanol–water partition coefficient (Wildman–Crippen LogP) is 17.9. The number of hydrogen-bond donors (Lipinski definition) is 0. The van der Waals surface area contributed by atoms with Crippen LogP contribution in [0.4, 0.5) is 0 Å². The van der Waals surface area contributed by atoms with Crippen LogP contribution in [0.15, 0.2) is 231 Å². The molecule has 0 saturated heterocycles. The van der Waals surface area contributed by atoms with Gasteiger partial charge in [0.25, 0.3) is 0 Å². The summed E-state index contributed by atoms with van der Waals surface area (Å²) >= 11 is 0. The Labute approximate surface area is 372 Å². The summed E-state index contributed by atoms with van der Waals surface area (Å²) in [5.74, 6) is 0. The molecule has 0 fully saturated rings. The molecule has 0 saturated carbocycles. The third kappa shape index (κ3) is 5.11. The molecule has 0 bridgehead atoms. The molecule has 0 amide bonds. The lowest BCUT2D eigenvalue weighted by Crippen LogP contribution is -1.94. The molecule has 0 aliphatic heterocycles. The maximum absolute atomic E-state index is 2.48. The highest BCUT2D eigenvalue weighted by Crippen LogP contribution is 2.59. The van der Waals surface area contributed by atoms with Gasteiger partial charge < -0.3 is 0 Å². The molecule has 2 aliphatic rings. The van der Waals surface area contributed by atoms with Crippen molar-refractivity contribution in [3.63, 3.8) is 0 Å². The zero-order chi connectivity index (χ0) is 41.9. The molecule has 0 heterocycles. The van der Waals surface area contributed by atoms with Crippen LogP contribution in [0.3, 0.4) is 0 Å². The van der Waals surface area contributed by atoms with Gasteiger partial charge in [-0.3, -0.25) is 0 Å². The monoisotopic (exact) mass is 806 g/mol. The fourth-order valence-corrected chi connectivity index (χ4v) is 11.3. The average Bonchev–Trinajstić information content (AvgIpc) is 3.87. The summed E-state index contributed by atoms with van der Waals surface area (Å²) in [6.45, 7) is 0. The zero-order valence-electron chi connectivity index (χ0n) is 34.9. The highest BCUT2D eigenvalue weighted by Gasteiger charge is 2.32. The Bertz CT molecular complexity index is 3910. The molecule has 294 valence electrons. The fourth-order valence-electron chi connectivity index (χ4n) is 11.3. The van der Waals surface area contributed by atoms with Crippen molar-refractivity contribution < 1.29 is 0 Å². The van der Waals surface area contributed by atoms with E-state index in [-0.39, 0.29) is 0 Å². The largest absolute Gasteiger partial charge is 0.0622 e. The summed E-state index contributed by atoms with van der Waals surface area (Å²) in [4.78, 5) is 0. The van der Waals surface area contributed by atoms with Gasteiger partial charge in [-0.25, -0.2) is 0 Å². The zero-order valence-corrected chi connectivity index (χ0v) is 34.9. The quantitative estimate of drug-likeness (QED) is 0.163. The van der Waals surface area contributed by atoms with Gasteiger partial charge in [-0.15, -0.1) is 0 Å². The highest BCUT2D eigenvalue weighted by molar-refractivity contribution is 6.29. The van der Waals surface area contributed by atoms with Crippen molar-refractivity contribution in [3.05, 3.63) is 231 Å². The van der Waals surface area contributed by atoms with Gasteiger partial charge in [-0.05, 0) is 174 Å². The minimum absolute atomic E-state index is 1.22. The van der Waals surface area contributed by atoms with E-state index in [1.54, 1.807) is 0 Å². The summed E-state index contributed by atoms with van der Waals surface area (Å²) in [5.41, 5.74) is 23.0. The normalized spacial score (nSPS) is 12.1. The molecular weight excluding hydrogens is 769 g/mol. The van der Waals surface area contributed by atoms with Crippen LogP contribution < -0.4 is 0 Å². The second kappa shape index (κ2) is 13.6. The molecule has 64 heavy (non-hydrogen) atoms. The summed E-state index contributed by atoms with van der Waals surface area (Å²) in [5, 5.41) is 10.3. The molecule has 12 aromatic carbocycles. The number of fused-ring (bicyclic) bond motifs is 8. The lowest BCUT2D eigenvalue weighted by molar-refractivity contribution is 1.61. The van der Waals surface area contributed by atoms with Gasteiger partial charge in [-0.1, -0.05) is 200 Å². The van der Waals surface area contributed by atoms with Crippen LogP contribution in [0, 0.1) is 0 Å². The maximum Gasteiger partial charge on any atom is -0.000741 e. The minimum atomic E-state index is 1.22. The second-order valence-corrected chi connectivity index (χ2v) is 17.5. The molecule has 0 atom stereocenters. The van der Waals surface area contributed by atoms with E-state index in [2.05, 4.69) is 231 Å². The van der Waals surface area contributed by atoms with Gasteiger partial charge in [0.2, 0.25) is 0 Å². The van der Waals surface area contributed by atoms with E-state index in [0.29, 0.717) is 0 Å². The lowest BCUT2D eigenvalue weighted by atomic mass is 9.81. The standard InChI is InChI=1S/C64H38/c1-4-14-39(15-5-1)42-26-27-44-35-46(29-28-43(44)34-42)49-32-33-56-62-52(49)24-13-25-55(62)63-61(41-18-8-3-9-19-41)58-37-45(30-31-54(58)60(64(56)63)40-16-6-2-7-17-40)48-36-47-20-12-23-53-50-21-10-11-22-51(50)57(38-48)59(47)53/h1-38H. The molecule has 0 N–H and O–H groups in total. The van der Waals surface area contributed by atoms with Crippen molar-refractivity contribution in [2.75, 3.05) is 0 Å². The van der Waals surface area contributed by atoms with E-state index in [0.717, 1.165) is 0 Å². The Kier molecular flexibility index (Phi) is 7.49. The molecular formula is C64H38. The van der Waals surface area contributed by atoms with Crippen LogP contribution in [0.1, 0.15) is 0 Å². The summed E-state index contributed by atoms with van der Waals surface area (Å²) in [6, 6.07) is 86.1. The van der Waals surface area contributed by atoms with Crippen LogP contribution >= 0.6 is 0 Å². The van der Waals surface area contributed by atoms with Gasteiger partial charge in [0.05, 0.1) is 0 Å². The van der Waals surface area contributed by atoms with E-state index < -0.39 is 0 Å². The topological polar surface area (TPSA) is 0 Å². The number of rotatable bonds is 5. The van der Waals surface area contributed by atoms with Gasteiger partial charge in [-0.2, -0.15) is 0 Å². The van der Waals surface area contributed by atoms with Crippen LogP contribution in [0.5, 0.6) is 0 Å². The summed E-state index contributed by atoms with van der Waals surface area (Å²) < 4.78 is 0. The van der Waals surface area contributed by atoms with E-state index in [1.165, 1.54) is 143 Å². The summed E-state index contributed by atoms with van der Waals surface area (Å²) in [6.07, 6.45) is 0. The minimum Gasteiger partial charge on any atom is -0.0622 e. The molecule has 0 spiro atoms. The second-order valence-electron chi connectivity index (χ2n) is 17.5. The molecule has 14 rings (SSSR count). The van der Waals surface area contributed by atoms with Crippen molar-refractivity contribution >= 4 is 43.1 Å². The van der Waals surface area contributed by atoms with Crippen molar-refractivity contribution in [2.45, 2.75) is 0 Å². The van der Waals surface area contributed by atoms with Crippen LogP contribution in [0.2, 0.25) is 0 Å². The molecule has 0 heteroatoms. The summed E-state index contributed by atoms with van der Waals surface area (Å²) in [7, 11) is 0. The van der Waals surface area contributed by atoms with E-state index in [9.17, 15) is 0 Å². The Balaban J connectivity index is 1.02. The Morgan fingerprint density at radius 1 is 0.172 bits per heavy atom. The first-order valence-corrected chi connectivity index (χ1v) is 22.3. The SMILES string of the molecule is c1ccc(-c2ccc3cc(-c4ccc5c6c(cccc46)-c4c-5c(-c5ccccc5)c5ccc(-c6cc7c8c(cccc8c6)-c6ccccc6-7)cc5c4-c4ccccc4)ccc3c2)cc1. The Morgan fingerprint density at radius 2 is 0.688 bits per heavy atom. The molecule has 0 nitrogen and oxygen atoms in total. The van der Waals surface area contributed by atoms with E-state index >= 15 is 0 Å². The van der Waals surface area contributed by atoms with Crippen LogP contribution in [-0.2, 0) is 0 Å². The van der Waals surface area contributed by atoms with Gasteiger partial charge in [0.15, 0.2) is 0 Å². The number of benzene rings is 12. The lowest BCUT2D eigenvalue weighted by Gasteiger charge is -2.21. The average molecular weight is 807 g/mol. The highest BCUT2D eigenvalue weighted by atomic mass is 14.3. The first-order chi connectivity index (χ1) is 31.7. The molecule has 2 aliphatic carbocycles. The van der Waals surface area contributed by atoms with Gasteiger partial charge >= 0.3 is 0 Å². The van der Waals surface area contributed by atoms with E-state index in [4.69, 9.17) is 0 Å². The molecule has 0 aromatic heterocycles. The van der Waals surface area contributed by atoms with Gasteiger partial charge in [0, 0.05) is 0 Å². The molecule has 0 unspecified atom stereocenters. The third-order valence-electron chi connectivity index (χ3n) is 14.1. The predicted molar refractivity (Wildman–Crippen MR) is 273 cm³/mol. The Morgan fingerprint density at radius 3 is 1.42 bits per heavy atom. The van der Waals surface area contributed by atoms with Crippen molar-refractivity contribution in [1.29, 1.82) is 0 Å². The number of hydrogen-bond acceptors (Lipinski definition) is 0. The smallest absolute Gasteiger partial charge is 0.000741 e. The maximum atomic E-state index is 2.48. The molecule has 0 radical (unpaired) electrons. The first kappa shape index (κ1) is 35.3. The first-order valence-electron chi connectivity index (χ1n) is 22.3. The van der Waals surface area contributed by atoms with Gasteiger partial charge in [0.1, 0.15) is 0 Å². The van der Waals surface area contributed by atoms with Crippen molar-refractivity contribution in [2.24, 2.45) is 0 Å². The van der Waals surface area contributed by atoms with E-state index in [1.807, 2.05) is 0 Å². The van der Waals surface area contributed by atoms with Crippen molar-refractivity contribution in [3.8, 4) is 100 Å². The molecule has 12 aromatic rings. The third-order valence-corrected chi connectivity index (χ3v) is 14.1. The van der Waals surface area contributed by atoms with Crippen molar-refractivity contribution in [1.82, 2.24) is 0 Å². The fraction of sp³-hybridized carbons (Fsp3) is 0. The van der Waals surface area contributed by atoms with Crippen LogP contribution in [0.25, 0.3) is 143 Å². The van der Waals surface area contributed by atoms with Crippen LogP contribution in [-0.4, -0.2) is 0 Å². The Hall–Kier alpha value is -8.32.